The predicted molar refractivity (Wildman–Crippen MR) is 73.6 cm³/mol. The molecule has 0 spiro atoms. The van der Waals surface area contributed by atoms with Crippen molar-refractivity contribution in [3.63, 3.8) is 0 Å². The molecule has 0 aliphatic heterocycles. The molecule has 1 amide bonds. The maximum Gasteiger partial charge on any atom is 0.228 e. The van der Waals surface area contributed by atoms with Crippen molar-refractivity contribution in [2.24, 2.45) is 0 Å². The number of carbonyl (C=O) groups excluding carboxylic acids is 1. The average Bonchev–Trinajstić information content (AvgIpc) is 2.37. The number of benzene rings is 2. The first kappa shape index (κ1) is 13.2. The first-order chi connectivity index (χ1) is 9.04. The summed E-state index contributed by atoms with van der Waals surface area (Å²) in [7, 11) is 0. The van der Waals surface area contributed by atoms with E-state index in [1.807, 2.05) is 0 Å². The van der Waals surface area contributed by atoms with E-state index in [4.69, 9.17) is 16.7 Å². The van der Waals surface area contributed by atoms with Gasteiger partial charge in [0.25, 0.3) is 0 Å². The smallest absolute Gasteiger partial charge is 0.228 e. The highest BCUT2D eigenvalue weighted by molar-refractivity contribution is 6.32. The lowest BCUT2D eigenvalue weighted by Crippen LogP contribution is -2.14. The van der Waals surface area contributed by atoms with Crippen molar-refractivity contribution in [3.8, 4) is 11.5 Å². The fourth-order valence-corrected chi connectivity index (χ4v) is 1.71. The van der Waals surface area contributed by atoms with Crippen molar-refractivity contribution in [1.82, 2.24) is 0 Å². The van der Waals surface area contributed by atoms with Gasteiger partial charge < -0.3 is 15.5 Å². The molecule has 3 N–H and O–H groups in total. The van der Waals surface area contributed by atoms with Crippen LogP contribution in [0.15, 0.2) is 42.5 Å². The van der Waals surface area contributed by atoms with Gasteiger partial charge in [0, 0.05) is 11.8 Å². The Balaban J connectivity index is 2.01. The first-order valence-corrected chi connectivity index (χ1v) is 5.98. The molecule has 4 nitrogen and oxygen atoms in total. The lowest BCUT2D eigenvalue weighted by atomic mass is 10.1. The van der Waals surface area contributed by atoms with E-state index in [1.165, 1.54) is 24.3 Å². The van der Waals surface area contributed by atoms with Gasteiger partial charge in [0.2, 0.25) is 5.91 Å². The standard InChI is InChI=1S/C14H12ClNO3/c15-12-6-3-10(8-13(12)18)16-14(19)7-9-1-4-11(17)5-2-9/h1-6,8,17-18H,7H2,(H,16,19). The molecule has 0 aliphatic rings. The second kappa shape index (κ2) is 5.63. The molecule has 0 heterocycles. The van der Waals surface area contributed by atoms with Crippen molar-refractivity contribution in [3.05, 3.63) is 53.1 Å². The van der Waals surface area contributed by atoms with Crippen molar-refractivity contribution in [2.75, 3.05) is 5.32 Å². The Morgan fingerprint density at radius 3 is 2.42 bits per heavy atom. The van der Waals surface area contributed by atoms with Gasteiger partial charge in [-0.3, -0.25) is 4.79 Å². The number of nitrogens with one attached hydrogen (secondary N) is 1. The molecule has 2 rings (SSSR count). The number of hydrogen-bond donors (Lipinski definition) is 3. The monoisotopic (exact) mass is 277 g/mol. The summed E-state index contributed by atoms with van der Waals surface area (Å²) in [6, 6.07) is 10.9. The molecule has 0 unspecified atom stereocenters. The molecule has 2 aromatic rings. The molecule has 0 bridgehead atoms. The van der Waals surface area contributed by atoms with Crippen molar-refractivity contribution in [1.29, 1.82) is 0 Å². The summed E-state index contributed by atoms with van der Waals surface area (Å²) in [5, 5.41) is 21.4. The zero-order chi connectivity index (χ0) is 13.8. The molecular weight excluding hydrogens is 266 g/mol. The van der Waals surface area contributed by atoms with Crippen LogP contribution < -0.4 is 5.32 Å². The predicted octanol–water partition coefficient (Wildman–Crippen LogP) is 2.93. The number of halogens is 1. The van der Waals surface area contributed by atoms with E-state index in [9.17, 15) is 9.90 Å². The van der Waals surface area contributed by atoms with Crippen LogP contribution in [0.1, 0.15) is 5.56 Å². The lowest BCUT2D eigenvalue weighted by molar-refractivity contribution is -0.115. The third-order valence-electron chi connectivity index (χ3n) is 2.53. The Morgan fingerprint density at radius 2 is 1.79 bits per heavy atom. The second-order valence-corrected chi connectivity index (χ2v) is 4.46. The summed E-state index contributed by atoms with van der Waals surface area (Å²) in [6.07, 6.45) is 0.184. The van der Waals surface area contributed by atoms with Gasteiger partial charge in [-0.1, -0.05) is 23.7 Å². The van der Waals surface area contributed by atoms with Crippen LogP contribution in [-0.2, 0) is 11.2 Å². The number of rotatable bonds is 3. The molecule has 2 aromatic carbocycles. The molecule has 0 saturated carbocycles. The molecule has 0 atom stereocenters. The Kier molecular flexibility index (Phi) is 3.92. The van der Waals surface area contributed by atoms with Crippen LogP contribution in [0, 0.1) is 0 Å². The quantitative estimate of drug-likeness (QED) is 0.808. The van der Waals surface area contributed by atoms with Gasteiger partial charge in [0.05, 0.1) is 11.4 Å². The average molecular weight is 278 g/mol. The Bertz CT molecular complexity index is 596. The van der Waals surface area contributed by atoms with E-state index in [0.717, 1.165) is 5.56 Å². The van der Waals surface area contributed by atoms with Crippen LogP contribution >= 0.6 is 11.6 Å². The minimum absolute atomic E-state index is 0.0795. The van der Waals surface area contributed by atoms with E-state index in [1.54, 1.807) is 18.2 Å². The summed E-state index contributed by atoms with van der Waals surface area (Å²) in [4.78, 5) is 11.8. The molecule has 5 heteroatoms. The Hall–Kier alpha value is -2.20. The zero-order valence-electron chi connectivity index (χ0n) is 9.93. The third kappa shape index (κ3) is 3.63. The van der Waals surface area contributed by atoms with Gasteiger partial charge in [-0.25, -0.2) is 0 Å². The number of anilines is 1. The maximum absolute atomic E-state index is 11.8. The number of carbonyl (C=O) groups is 1. The second-order valence-electron chi connectivity index (χ2n) is 4.06. The molecule has 0 saturated heterocycles. The van der Waals surface area contributed by atoms with Crippen molar-refractivity contribution >= 4 is 23.2 Å². The van der Waals surface area contributed by atoms with Crippen LogP contribution in [0.3, 0.4) is 0 Å². The fourth-order valence-electron chi connectivity index (χ4n) is 1.59. The molecule has 98 valence electrons. The lowest BCUT2D eigenvalue weighted by Gasteiger charge is -2.06. The van der Waals surface area contributed by atoms with Gasteiger partial charge in [-0.05, 0) is 29.8 Å². The summed E-state index contributed by atoms with van der Waals surface area (Å²) in [5.41, 5.74) is 1.26. The van der Waals surface area contributed by atoms with E-state index in [2.05, 4.69) is 5.32 Å². The number of hydrogen-bond acceptors (Lipinski definition) is 3. The van der Waals surface area contributed by atoms with Crippen molar-refractivity contribution in [2.45, 2.75) is 6.42 Å². The van der Waals surface area contributed by atoms with E-state index in [-0.39, 0.29) is 28.8 Å². The number of amides is 1. The normalized spacial score (nSPS) is 10.2. The zero-order valence-corrected chi connectivity index (χ0v) is 10.7. The van der Waals surface area contributed by atoms with E-state index < -0.39 is 0 Å². The Labute approximate surface area is 115 Å². The first-order valence-electron chi connectivity index (χ1n) is 5.61. The highest BCUT2D eigenvalue weighted by Crippen LogP contribution is 2.26. The molecule has 0 aromatic heterocycles. The van der Waals surface area contributed by atoms with Crippen LogP contribution in [-0.4, -0.2) is 16.1 Å². The van der Waals surface area contributed by atoms with Gasteiger partial charge in [0.1, 0.15) is 11.5 Å². The minimum Gasteiger partial charge on any atom is -0.508 e. The Morgan fingerprint density at radius 1 is 1.11 bits per heavy atom. The van der Waals surface area contributed by atoms with Crippen LogP contribution in [0.5, 0.6) is 11.5 Å². The number of aromatic hydroxyl groups is 2. The third-order valence-corrected chi connectivity index (χ3v) is 2.85. The van der Waals surface area contributed by atoms with Crippen LogP contribution in [0.25, 0.3) is 0 Å². The molecule has 0 fully saturated rings. The largest absolute Gasteiger partial charge is 0.508 e. The fraction of sp³-hybridized carbons (Fsp3) is 0.0714. The molecule has 19 heavy (non-hydrogen) atoms. The summed E-state index contributed by atoms with van der Waals surface area (Å²) in [5.74, 6) is -0.136. The van der Waals surface area contributed by atoms with Crippen molar-refractivity contribution < 1.29 is 15.0 Å². The number of phenols is 2. The molecule has 0 aliphatic carbocycles. The molecule has 0 radical (unpaired) electrons. The van der Waals surface area contributed by atoms with Gasteiger partial charge >= 0.3 is 0 Å². The summed E-state index contributed by atoms with van der Waals surface area (Å²) >= 11 is 5.68. The van der Waals surface area contributed by atoms with Gasteiger partial charge in [0.15, 0.2) is 0 Å². The van der Waals surface area contributed by atoms with E-state index >= 15 is 0 Å². The SMILES string of the molecule is O=C(Cc1ccc(O)cc1)Nc1ccc(Cl)c(O)c1. The summed E-state index contributed by atoms with van der Waals surface area (Å²) < 4.78 is 0. The maximum atomic E-state index is 11.8. The topological polar surface area (TPSA) is 69.6 Å². The van der Waals surface area contributed by atoms with Gasteiger partial charge in [-0.15, -0.1) is 0 Å². The molecular formula is C14H12ClNO3. The number of phenolic OH excluding ortho intramolecular Hbond substituents is 2. The van der Waals surface area contributed by atoms with Crippen LogP contribution in [0.2, 0.25) is 5.02 Å². The minimum atomic E-state index is -0.215. The van der Waals surface area contributed by atoms with Gasteiger partial charge in [-0.2, -0.15) is 0 Å². The van der Waals surface area contributed by atoms with Crippen LogP contribution in [0.4, 0.5) is 5.69 Å². The van der Waals surface area contributed by atoms with E-state index in [0.29, 0.717) is 5.69 Å². The highest BCUT2D eigenvalue weighted by Gasteiger charge is 2.06. The highest BCUT2D eigenvalue weighted by atomic mass is 35.5. The summed E-state index contributed by atoms with van der Waals surface area (Å²) in [6.45, 7) is 0.